The molecule has 0 unspecified atom stereocenters. The Morgan fingerprint density at radius 3 is 2.28 bits per heavy atom. The van der Waals surface area contributed by atoms with Gasteiger partial charge in [0.2, 0.25) is 5.91 Å². The topological polar surface area (TPSA) is 153 Å². The average molecular weight is 795 g/mol. The number of amides is 3. The Balaban J connectivity index is 1.19. The highest BCUT2D eigenvalue weighted by Crippen LogP contribution is 2.24. The molecule has 0 bridgehead atoms. The summed E-state index contributed by atoms with van der Waals surface area (Å²) in [6.45, 7) is 3.56. The number of H-pyrrole nitrogens is 1. The summed E-state index contributed by atoms with van der Waals surface area (Å²) < 4.78 is 0.650. The summed E-state index contributed by atoms with van der Waals surface area (Å²) in [5.74, 6) is -0.859. The number of benzene rings is 4. The summed E-state index contributed by atoms with van der Waals surface area (Å²) >= 11 is 3.46. The number of hydrogen-bond acceptors (Lipinski definition) is 4. The Bertz CT molecular complexity index is 2040. The van der Waals surface area contributed by atoms with Crippen LogP contribution in [-0.2, 0) is 11.2 Å². The number of carbonyl (C=O) groups is 3. The molecule has 7 N–H and O–H groups in total. The van der Waals surface area contributed by atoms with Crippen molar-refractivity contribution in [3.05, 3.63) is 112 Å². The van der Waals surface area contributed by atoms with Crippen molar-refractivity contribution in [3.8, 4) is 0 Å². The number of fused-ring (bicyclic) bond motifs is 2. The lowest BCUT2D eigenvalue weighted by Gasteiger charge is -2.20. The van der Waals surface area contributed by atoms with Gasteiger partial charge < -0.3 is 32.0 Å². The molecule has 0 saturated heterocycles. The molecular weight excluding hydrogens is 742 g/mol. The maximum atomic E-state index is 14.0. The molecule has 284 valence electrons. The van der Waals surface area contributed by atoms with E-state index in [1.807, 2.05) is 66.9 Å². The highest BCUT2D eigenvalue weighted by molar-refractivity contribution is 9.10. The maximum Gasteiger partial charge on any atom is 0.255 e. The van der Waals surface area contributed by atoms with E-state index in [1.54, 1.807) is 24.3 Å². The molecule has 0 aliphatic rings. The lowest BCUT2D eigenvalue weighted by molar-refractivity contribution is -0.122. The fourth-order valence-electron chi connectivity index (χ4n) is 6.48. The molecule has 0 aliphatic heterocycles. The first-order valence-corrected chi connectivity index (χ1v) is 19.9. The quantitative estimate of drug-likeness (QED) is 0.0266. The average Bonchev–Trinajstić information content (AvgIpc) is 3.59. The summed E-state index contributed by atoms with van der Waals surface area (Å²) in [5.41, 5.74) is 8.90. The number of carbonyl (C=O) groups excluding carboxylic acids is 3. The molecule has 0 fully saturated rings. The highest BCUT2D eigenvalue weighted by atomic mass is 79.9. The lowest BCUT2D eigenvalue weighted by atomic mass is 10.0. The number of aliphatic imine (C=N–C) groups is 1. The van der Waals surface area contributed by atoms with Crippen molar-refractivity contribution in [3.63, 3.8) is 0 Å². The molecule has 10 nitrogen and oxygen atoms in total. The van der Waals surface area contributed by atoms with E-state index in [1.165, 1.54) is 44.9 Å². The zero-order chi connectivity index (χ0) is 38.1. The third-order valence-electron chi connectivity index (χ3n) is 9.48. The fraction of sp³-hybridized carbons (Fsp3) is 0.349. The standard InChI is InChI=1S/C43H52BrN7O3/c1-2-3-4-5-6-7-8-9-14-23-47-43(45)48-25-24-46-42(54)39(27-33-29-49-37-18-13-12-17-35(33)37)51-41(53)36-28-34(44)21-22-38(36)50-40(52)32-20-19-30-15-10-11-16-31(30)26-32/h10-13,15-22,26,28-29,39,49H,2-9,14,23-25,27H2,1H3,(H,46,54)(H,50,52)(H,51,53)(H3,45,47,48)/t39-/m0/s1. The maximum absolute atomic E-state index is 14.0. The monoisotopic (exact) mass is 793 g/mol. The van der Waals surface area contributed by atoms with E-state index in [2.05, 4.69) is 54.1 Å². The Morgan fingerprint density at radius 1 is 0.778 bits per heavy atom. The van der Waals surface area contributed by atoms with Crippen molar-refractivity contribution < 1.29 is 14.4 Å². The number of aromatic nitrogens is 1. The van der Waals surface area contributed by atoms with Crippen molar-refractivity contribution >= 4 is 67.0 Å². The van der Waals surface area contributed by atoms with E-state index in [0.29, 0.717) is 34.8 Å². The van der Waals surface area contributed by atoms with Crippen LogP contribution in [-0.4, -0.2) is 54.3 Å². The molecule has 5 rings (SSSR count). The fourth-order valence-corrected chi connectivity index (χ4v) is 6.84. The summed E-state index contributed by atoms with van der Waals surface area (Å²) in [6, 6.07) is 25.2. The van der Waals surface area contributed by atoms with Gasteiger partial charge >= 0.3 is 0 Å². The van der Waals surface area contributed by atoms with Crippen LogP contribution in [0.3, 0.4) is 0 Å². The van der Waals surface area contributed by atoms with E-state index in [4.69, 9.17) is 5.73 Å². The number of anilines is 1. The molecule has 1 atom stereocenters. The van der Waals surface area contributed by atoms with Crippen LogP contribution in [0.4, 0.5) is 5.69 Å². The smallest absolute Gasteiger partial charge is 0.255 e. The minimum Gasteiger partial charge on any atom is -0.370 e. The first-order valence-electron chi connectivity index (χ1n) is 19.1. The number of nitrogens with two attached hydrogens (primary N) is 1. The number of para-hydroxylation sites is 1. The SMILES string of the molecule is CCCCCCCCCCCN=C(N)NCCNC(=O)[C@H](Cc1c[nH]c2ccccc12)NC(=O)c1cc(Br)ccc1NC(=O)c1ccc2ccccc2c1. The van der Waals surface area contributed by atoms with E-state index in [9.17, 15) is 14.4 Å². The molecule has 0 spiro atoms. The molecule has 54 heavy (non-hydrogen) atoms. The van der Waals surface area contributed by atoms with Gasteiger partial charge in [0.15, 0.2) is 5.96 Å². The first-order chi connectivity index (χ1) is 26.3. The Hall–Kier alpha value is -5.16. The summed E-state index contributed by atoms with van der Waals surface area (Å²) in [4.78, 5) is 48.7. The summed E-state index contributed by atoms with van der Waals surface area (Å²) in [7, 11) is 0. The van der Waals surface area contributed by atoms with Gasteiger partial charge in [-0.1, -0.05) is 123 Å². The minimum absolute atomic E-state index is 0.216. The van der Waals surface area contributed by atoms with Crippen LogP contribution in [0.25, 0.3) is 21.7 Å². The van der Waals surface area contributed by atoms with Crippen LogP contribution in [0.1, 0.15) is 91.0 Å². The molecule has 11 heteroatoms. The number of nitrogens with zero attached hydrogens (tertiary/aromatic N) is 1. The molecular formula is C43H52BrN7O3. The normalized spacial score (nSPS) is 12.1. The van der Waals surface area contributed by atoms with E-state index in [0.717, 1.165) is 40.1 Å². The zero-order valence-corrected chi connectivity index (χ0v) is 32.6. The highest BCUT2D eigenvalue weighted by Gasteiger charge is 2.25. The number of unbranched alkanes of at least 4 members (excludes halogenated alkanes) is 8. The van der Waals surface area contributed by atoms with Crippen LogP contribution in [0.15, 0.2) is 101 Å². The van der Waals surface area contributed by atoms with E-state index >= 15 is 0 Å². The van der Waals surface area contributed by atoms with Crippen molar-refractivity contribution in [2.24, 2.45) is 10.7 Å². The van der Waals surface area contributed by atoms with Gasteiger partial charge in [-0.05, 0) is 59.2 Å². The molecule has 1 aromatic heterocycles. The molecule has 0 radical (unpaired) electrons. The van der Waals surface area contributed by atoms with Gasteiger partial charge in [-0.2, -0.15) is 0 Å². The molecule has 3 amide bonds. The number of nitrogens with one attached hydrogen (secondary N) is 5. The summed E-state index contributed by atoms with van der Waals surface area (Å²) in [5, 5.41) is 14.8. The van der Waals surface area contributed by atoms with Crippen LogP contribution in [0, 0.1) is 0 Å². The van der Waals surface area contributed by atoms with Crippen LogP contribution < -0.4 is 27.0 Å². The molecule has 0 aliphatic carbocycles. The van der Waals surface area contributed by atoms with Crippen molar-refractivity contribution in [2.45, 2.75) is 77.2 Å². The summed E-state index contributed by atoms with van der Waals surface area (Å²) in [6.07, 6.45) is 13.3. The second-order valence-electron chi connectivity index (χ2n) is 13.6. The molecule has 4 aromatic carbocycles. The second-order valence-corrected chi connectivity index (χ2v) is 14.5. The first kappa shape index (κ1) is 40.0. The van der Waals surface area contributed by atoms with Gasteiger partial charge in [-0.15, -0.1) is 0 Å². The van der Waals surface area contributed by atoms with Gasteiger partial charge in [0.05, 0.1) is 11.3 Å². The van der Waals surface area contributed by atoms with Gasteiger partial charge in [-0.25, -0.2) is 0 Å². The third-order valence-corrected chi connectivity index (χ3v) is 9.97. The lowest BCUT2D eigenvalue weighted by Crippen LogP contribution is -2.49. The number of aromatic amines is 1. The van der Waals surface area contributed by atoms with Crippen LogP contribution in [0.2, 0.25) is 0 Å². The Labute approximate surface area is 326 Å². The van der Waals surface area contributed by atoms with Gasteiger partial charge in [-0.3, -0.25) is 19.4 Å². The number of halogens is 1. The number of rotatable bonds is 20. The predicted molar refractivity (Wildman–Crippen MR) is 224 cm³/mol. The van der Waals surface area contributed by atoms with Crippen molar-refractivity contribution in [1.82, 2.24) is 20.9 Å². The minimum atomic E-state index is -0.919. The number of guanidine groups is 1. The Kier molecular flexibility index (Phi) is 15.5. The largest absolute Gasteiger partial charge is 0.370 e. The molecule has 0 saturated carbocycles. The second kappa shape index (κ2) is 20.9. The van der Waals surface area contributed by atoms with Crippen LogP contribution in [0.5, 0.6) is 0 Å². The van der Waals surface area contributed by atoms with Crippen molar-refractivity contribution in [2.75, 3.05) is 25.0 Å². The Morgan fingerprint density at radius 2 is 1.48 bits per heavy atom. The van der Waals surface area contributed by atoms with Gasteiger partial charge in [0.25, 0.3) is 11.8 Å². The molecule has 1 heterocycles. The van der Waals surface area contributed by atoms with Crippen molar-refractivity contribution in [1.29, 1.82) is 0 Å². The van der Waals surface area contributed by atoms with Gasteiger partial charge in [0, 0.05) is 53.2 Å². The molecule has 5 aromatic rings. The zero-order valence-electron chi connectivity index (χ0n) is 31.1. The van der Waals surface area contributed by atoms with Crippen LogP contribution >= 0.6 is 15.9 Å². The van der Waals surface area contributed by atoms with E-state index in [-0.39, 0.29) is 30.3 Å². The number of hydrogen-bond donors (Lipinski definition) is 6. The predicted octanol–water partition coefficient (Wildman–Crippen LogP) is 8.23. The van der Waals surface area contributed by atoms with E-state index < -0.39 is 11.9 Å². The third kappa shape index (κ3) is 11.9. The van der Waals surface area contributed by atoms with Gasteiger partial charge in [0.1, 0.15) is 6.04 Å².